The molecule has 118 valence electrons. The van der Waals surface area contributed by atoms with E-state index in [0.29, 0.717) is 18.5 Å². The van der Waals surface area contributed by atoms with Gasteiger partial charge >= 0.3 is 0 Å². The van der Waals surface area contributed by atoms with Crippen molar-refractivity contribution in [3.8, 4) is 0 Å². The average Bonchev–Trinajstić information content (AvgIpc) is 3.20. The fraction of sp³-hybridized carbons (Fsp3) is 0.533. The van der Waals surface area contributed by atoms with Crippen LogP contribution in [0.4, 0.5) is 8.78 Å². The highest BCUT2D eigenvalue weighted by Gasteiger charge is 2.45. The van der Waals surface area contributed by atoms with Crippen LogP contribution in [0.25, 0.3) is 0 Å². The Morgan fingerprint density at radius 1 is 1.43 bits per heavy atom. The number of hydrogen-bond acceptors (Lipinski definition) is 2. The van der Waals surface area contributed by atoms with Crippen LogP contribution >= 0.6 is 12.4 Å². The highest BCUT2D eigenvalue weighted by Crippen LogP contribution is 2.48. The smallest absolute Gasteiger partial charge is 0.223 e. The predicted octanol–water partition coefficient (Wildman–Crippen LogP) is 2.60. The summed E-state index contributed by atoms with van der Waals surface area (Å²) in [6, 6.07) is 4.33. The molecule has 1 aliphatic carbocycles. The molecule has 2 rings (SSSR count). The summed E-state index contributed by atoms with van der Waals surface area (Å²) >= 11 is 0. The van der Waals surface area contributed by atoms with Crippen molar-refractivity contribution in [2.24, 2.45) is 5.92 Å². The maximum absolute atomic E-state index is 13.6. The third kappa shape index (κ3) is 4.38. The third-order valence-corrected chi connectivity index (χ3v) is 3.64. The molecule has 0 heterocycles. The van der Waals surface area contributed by atoms with Crippen LogP contribution in [0.2, 0.25) is 0 Å². The fourth-order valence-electron chi connectivity index (χ4n) is 2.44. The highest BCUT2D eigenvalue weighted by atomic mass is 35.5. The fourth-order valence-corrected chi connectivity index (χ4v) is 2.44. The number of carbonyl (C=O) groups is 1. The molecule has 21 heavy (non-hydrogen) atoms. The molecular formula is C15H21ClF2N2O. The van der Waals surface area contributed by atoms with Crippen LogP contribution < -0.4 is 10.6 Å². The number of amides is 1. The van der Waals surface area contributed by atoms with Gasteiger partial charge in [0.1, 0.15) is 0 Å². The van der Waals surface area contributed by atoms with Crippen molar-refractivity contribution in [3.63, 3.8) is 0 Å². The average molecular weight is 319 g/mol. The molecule has 1 aliphatic rings. The Hall–Kier alpha value is -1.20. The van der Waals surface area contributed by atoms with E-state index in [9.17, 15) is 13.6 Å². The van der Waals surface area contributed by atoms with Gasteiger partial charge in [0.2, 0.25) is 5.91 Å². The van der Waals surface area contributed by atoms with Crippen molar-refractivity contribution in [1.82, 2.24) is 10.6 Å². The molecule has 3 atom stereocenters. The van der Waals surface area contributed by atoms with Gasteiger partial charge in [0.25, 0.3) is 0 Å². The number of halogens is 3. The number of hydrogen-bond donors (Lipinski definition) is 2. The quantitative estimate of drug-likeness (QED) is 0.846. The van der Waals surface area contributed by atoms with Crippen LogP contribution in [-0.2, 0) is 4.79 Å². The van der Waals surface area contributed by atoms with E-state index in [4.69, 9.17) is 0 Å². The van der Waals surface area contributed by atoms with Crippen LogP contribution in [0.1, 0.15) is 31.7 Å². The summed E-state index contributed by atoms with van der Waals surface area (Å²) < 4.78 is 26.8. The molecule has 0 radical (unpaired) electrons. The lowest BCUT2D eigenvalue weighted by atomic mass is 10.1. The predicted molar refractivity (Wildman–Crippen MR) is 80.6 cm³/mol. The molecule has 2 unspecified atom stereocenters. The largest absolute Gasteiger partial charge is 0.354 e. The normalized spacial score (nSPS) is 21.3. The van der Waals surface area contributed by atoms with E-state index in [1.165, 1.54) is 6.07 Å². The Morgan fingerprint density at radius 3 is 2.81 bits per heavy atom. The van der Waals surface area contributed by atoms with Gasteiger partial charge in [0, 0.05) is 18.5 Å². The molecule has 1 aromatic rings. The topological polar surface area (TPSA) is 41.1 Å². The van der Waals surface area contributed by atoms with E-state index in [2.05, 4.69) is 10.6 Å². The summed E-state index contributed by atoms with van der Waals surface area (Å²) in [6.07, 6.45) is 0.585. The van der Waals surface area contributed by atoms with Gasteiger partial charge in [-0.3, -0.25) is 4.79 Å². The second kappa shape index (κ2) is 7.71. The first-order valence-electron chi connectivity index (χ1n) is 6.99. The van der Waals surface area contributed by atoms with Crippen molar-refractivity contribution < 1.29 is 13.6 Å². The molecule has 6 heteroatoms. The molecule has 2 N–H and O–H groups in total. The van der Waals surface area contributed by atoms with E-state index in [1.54, 1.807) is 6.07 Å². The molecule has 0 spiro atoms. The van der Waals surface area contributed by atoms with Crippen molar-refractivity contribution >= 4 is 18.3 Å². The molecule has 1 aromatic carbocycles. The van der Waals surface area contributed by atoms with Gasteiger partial charge < -0.3 is 10.6 Å². The maximum atomic E-state index is 13.6. The lowest BCUT2D eigenvalue weighted by Crippen LogP contribution is -2.39. The summed E-state index contributed by atoms with van der Waals surface area (Å²) in [5, 5.41) is 6.04. The molecule has 0 bridgehead atoms. The van der Waals surface area contributed by atoms with Gasteiger partial charge in [-0.2, -0.15) is 0 Å². The van der Waals surface area contributed by atoms with Gasteiger partial charge in [0.05, 0.1) is 0 Å². The van der Waals surface area contributed by atoms with Gasteiger partial charge in [-0.1, -0.05) is 19.1 Å². The van der Waals surface area contributed by atoms with Gasteiger partial charge in [-0.15, -0.1) is 12.4 Å². The lowest BCUT2D eigenvalue weighted by molar-refractivity contribution is -0.122. The second-order valence-electron chi connectivity index (χ2n) is 5.30. The summed E-state index contributed by atoms with van der Waals surface area (Å²) in [4.78, 5) is 11.9. The van der Waals surface area contributed by atoms with Crippen LogP contribution in [0.5, 0.6) is 0 Å². The molecule has 1 fully saturated rings. The van der Waals surface area contributed by atoms with E-state index in [1.807, 2.05) is 13.8 Å². The summed E-state index contributed by atoms with van der Waals surface area (Å²) in [7, 11) is 0. The number of carbonyl (C=O) groups excluding carboxylic acids is 1. The minimum absolute atomic E-state index is 0. The lowest BCUT2D eigenvalue weighted by Gasteiger charge is -2.13. The standard InChI is InChI=1S/C15H20F2N2O.ClH/c1-3-18-9(2)8-19-15(20)12-7-11(12)10-5-4-6-13(16)14(10)17;/h4-6,9,11-12,18H,3,7-8H2,1-2H3,(H,19,20);1H/t9-,11?,12?;/m1./s1. The minimum atomic E-state index is -0.852. The van der Waals surface area contributed by atoms with Crippen molar-refractivity contribution in [2.45, 2.75) is 32.2 Å². The monoisotopic (exact) mass is 318 g/mol. The zero-order valence-electron chi connectivity index (χ0n) is 12.2. The summed E-state index contributed by atoms with van der Waals surface area (Å²) in [5.41, 5.74) is 0.310. The third-order valence-electron chi connectivity index (χ3n) is 3.64. The van der Waals surface area contributed by atoms with E-state index in [0.717, 1.165) is 12.6 Å². The van der Waals surface area contributed by atoms with E-state index in [-0.39, 0.29) is 36.2 Å². The molecule has 0 aromatic heterocycles. The van der Waals surface area contributed by atoms with Crippen molar-refractivity contribution in [2.75, 3.05) is 13.1 Å². The number of likely N-dealkylation sites (N-methyl/N-ethyl adjacent to an activating group) is 1. The van der Waals surface area contributed by atoms with Crippen LogP contribution in [0.15, 0.2) is 18.2 Å². The number of rotatable bonds is 6. The van der Waals surface area contributed by atoms with Crippen LogP contribution in [0.3, 0.4) is 0 Å². The van der Waals surface area contributed by atoms with E-state index >= 15 is 0 Å². The first kappa shape index (κ1) is 17.9. The Kier molecular flexibility index (Phi) is 6.55. The number of nitrogens with one attached hydrogen (secondary N) is 2. The van der Waals surface area contributed by atoms with E-state index < -0.39 is 11.6 Å². The Balaban J connectivity index is 0.00000220. The van der Waals surface area contributed by atoms with Crippen LogP contribution in [0, 0.1) is 17.6 Å². The van der Waals surface area contributed by atoms with Crippen LogP contribution in [-0.4, -0.2) is 25.0 Å². The van der Waals surface area contributed by atoms with Gasteiger partial charge in [-0.05, 0) is 37.4 Å². The molecule has 1 saturated carbocycles. The maximum Gasteiger partial charge on any atom is 0.223 e. The highest BCUT2D eigenvalue weighted by molar-refractivity contribution is 5.85. The first-order valence-corrected chi connectivity index (χ1v) is 6.99. The zero-order valence-corrected chi connectivity index (χ0v) is 13.0. The Bertz CT molecular complexity index is 499. The Morgan fingerprint density at radius 2 is 2.14 bits per heavy atom. The Labute approximate surface area is 129 Å². The van der Waals surface area contributed by atoms with Gasteiger partial charge in [-0.25, -0.2) is 8.78 Å². The zero-order chi connectivity index (χ0) is 14.7. The molecular weight excluding hydrogens is 298 g/mol. The molecule has 0 aliphatic heterocycles. The number of benzene rings is 1. The minimum Gasteiger partial charge on any atom is -0.354 e. The van der Waals surface area contributed by atoms with Crippen molar-refractivity contribution in [1.29, 1.82) is 0 Å². The van der Waals surface area contributed by atoms with Crippen molar-refractivity contribution in [3.05, 3.63) is 35.4 Å². The van der Waals surface area contributed by atoms with Gasteiger partial charge in [0.15, 0.2) is 11.6 Å². The summed E-state index contributed by atoms with van der Waals surface area (Å²) in [5.74, 6) is -2.19. The SMILES string of the molecule is CCN[C@H](C)CNC(=O)C1CC1c1cccc(F)c1F.Cl. The molecule has 0 saturated heterocycles. The molecule has 1 amide bonds. The first-order chi connectivity index (χ1) is 9.54. The molecule has 3 nitrogen and oxygen atoms in total. The summed E-state index contributed by atoms with van der Waals surface area (Å²) in [6.45, 7) is 5.38. The second-order valence-corrected chi connectivity index (χ2v) is 5.30.